The van der Waals surface area contributed by atoms with Crippen LogP contribution >= 0.6 is 0 Å². The Balaban J connectivity index is 1.48. The van der Waals surface area contributed by atoms with E-state index in [2.05, 4.69) is 27.9 Å². The number of carbonyl (C=O) groups is 1. The summed E-state index contributed by atoms with van der Waals surface area (Å²) in [4.78, 5) is 19.9. The lowest BCUT2D eigenvalue weighted by molar-refractivity contribution is 0.0979. The van der Waals surface area contributed by atoms with Crippen LogP contribution in [0, 0.1) is 0 Å². The molecule has 3 aromatic rings. The molecule has 27 heavy (non-hydrogen) atoms. The molecule has 1 aromatic carbocycles. The molecule has 5 rings (SSSR count). The first-order chi connectivity index (χ1) is 13.2. The first kappa shape index (κ1) is 16.5. The Kier molecular flexibility index (Phi) is 3.79. The van der Waals surface area contributed by atoms with Crippen molar-refractivity contribution in [1.82, 2.24) is 9.55 Å². The van der Waals surface area contributed by atoms with Crippen LogP contribution in [0.1, 0.15) is 41.7 Å². The lowest BCUT2D eigenvalue weighted by Gasteiger charge is -2.37. The van der Waals surface area contributed by atoms with E-state index in [9.17, 15) is 4.79 Å². The highest BCUT2D eigenvalue weighted by molar-refractivity contribution is 6.09. The van der Waals surface area contributed by atoms with Crippen molar-refractivity contribution in [3.63, 3.8) is 0 Å². The van der Waals surface area contributed by atoms with Gasteiger partial charge in [0.2, 0.25) is 0 Å². The van der Waals surface area contributed by atoms with Crippen molar-refractivity contribution in [3.8, 4) is 0 Å². The van der Waals surface area contributed by atoms with E-state index in [0.29, 0.717) is 6.54 Å². The molecule has 0 unspecified atom stereocenters. The van der Waals surface area contributed by atoms with Crippen molar-refractivity contribution in [2.24, 2.45) is 5.73 Å². The van der Waals surface area contributed by atoms with Gasteiger partial charge >= 0.3 is 0 Å². The molecule has 1 saturated carbocycles. The highest BCUT2D eigenvalue weighted by atomic mass is 16.2. The fraction of sp³-hybridized carbons (Fsp3) is 0.364. The summed E-state index contributed by atoms with van der Waals surface area (Å²) >= 11 is 0. The second-order valence-corrected chi connectivity index (χ2v) is 7.82. The highest BCUT2D eigenvalue weighted by Gasteiger charge is 2.49. The molecular formula is C22H24N4O. The zero-order valence-electron chi connectivity index (χ0n) is 15.4. The monoisotopic (exact) mass is 360 g/mol. The quantitative estimate of drug-likeness (QED) is 0.775. The van der Waals surface area contributed by atoms with E-state index in [1.807, 2.05) is 35.4 Å². The van der Waals surface area contributed by atoms with Gasteiger partial charge in [0.15, 0.2) is 0 Å². The molecule has 2 aromatic heterocycles. The molecule has 3 heterocycles. The number of nitrogens with zero attached hydrogens (tertiary/aromatic N) is 3. The fourth-order valence-electron chi connectivity index (χ4n) is 4.61. The van der Waals surface area contributed by atoms with E-state index in [1.54, 1.807) is 0 Å². The van der Waals surface area contributed by atoms with Crippen LogP contribution in [0.4, 0.5) is 5.69 Å². The summed E-state index contributed by atoms with van der Waals surface area (Å²) in [5.41, 5.74) is 9.71. The molecule has 138 valence electrons. The molecule has 0 radical (unpaired) electrons. The van der Waals surface area contributed by atoms with Crippen molar-refractivity contribution in [2.45, 2.75) is 37.6 Å². The van der Waals surface area contributed by atoms with Gasteiger partial charge in [0.05, 0.1) is 11.4 Å². The van der Waals surface area contributed by atoms with Crippen molar-refractivity contribution < 1.29 is 4.79 Å². The van der Waals surface area contributed by atoms with E-state index >= 15 is 0 Å². The van der Waals surface area contributed by atoms with Gasteiger partial charge in [0.25, 0.3) is 5.91 Å². The zero-order chi connectivity index (χ0) is 18.4. The van der Waals surface area contributed by atoms with Crippen LogP contribution < -0.4 is 10.6 Å². The van der Waals surface area contributed by atoms with Crippen LogP contribution in [0.5, 0.6) is 0 Å². The van der Waals surface area contributed by atoms with Gasteiger partial charge in [-0.25, -0.2) is 0 Å². The molecule has 1 amide bonds. The summed E-state index contributed by atoms with van der Waals surface area (Å²) in [5, 5.41) is 1.10. The molecule has 0 saturated heterocycles. The van der Waals surface area contributed by atoms with Gasteiger partial charge in [-0.15, -0.1) is 0 Å². The van der Waals surface area contributed by atoms with Crippen molar-refractivity contribution >= 4 is 22.5 Å². The summed E-state index contributed by atoms with van der Waals surface area (Å²) in [5.74, 6) is 0.0737. The Bertz CT molecular complexity index is 1020. The largest absolute Gasteiger partial charge is 0.347 e. The van der Waals surface area contributed by atoms with Gasteiger partial charge in [0, 0.05) is 47.4 Å². The van der Waals surface area contributed by atoms with E-state index in [1.165, 1.54) is 6.42 Å². The number of benzene rings is 1. The van der Waals surface area contributed by atoms with Gasteiger partial charge in [-0.2, -0.15) is 0 Å². The normalized spacial score (nSPS) is 17.3. The number of rotatable bonds is 4. The smallest absolute Gasteiger partial charge is 0.258 e. The lowest BCUT2D eigenvalue weighted by Crippen LogP contribution is -2.41. The Labute approximate surface area is 158 Å². The van der Waals surface area contributed by atoms with Crippen LogP contribution in [-0.4, -0.2) is 28.5 Å². The summed E-state index contributed by atoms with van der Waals surface area (Å²) in [7, 11) is 0. The third-order valence-corrected chi connectivity index (χ3v) is 6.22. The minimum atomic E-state index is 0.0737. The lowest BCUT2D eigenvalue weighted by atomic mass is 9.67. The second-order valence-electron chi connectivity index (χ2n) is 7.82. The minimum Gasteiger partial charge on any atom is -0.347 e. The van der Waals surface area contributed by atoms with Crippen LogP contribution in [0.2, 0.25) is 0 Å². The third kappa shape index (κ3) is 2.49. The van der Waals surface area contributed by atoms with Crippen LogP contribution in [0.25, 0.3) is 10.9 Å². The van der Waals surface area contributed by atoms with Crippen molar-refractivity contribution in [1.29, 1.82) is 0 Å². The molecule has 1 aliphatic carbocycles. The van der Waals surface area contributed by atoms with Crippen LogP contribution in [0.15, 0.2) is 48.8 Å². The molecule has 2 aliphatic rings. The van der Waals surface area contributed by atoms with Crippen molar-refractivity contribution in [2.75, 3.05) is 18.0 Å². The SMILES string of the molecule is NCCCn1ccc2cc(C(=O)N3CC4(CCC4)c4ncccc43)ccc21. The summed E-state index contributed by atoms with van der Waals surface area (Å²) < 4.78 is 2.20. The molecule has 1 spiro atoms. The first-order valence-electron chi connectivity index (χ1n) is 9.78. The number of aryl methyl sites for hydroxylation is 1. The molecular weight excluding hydrogens is 336 g/mol. The van der Waals surface area contributed by atoms with E-state index < -0.39 is 0 Å². The number of amides is 1. The topological polar surface area (TPSA) is 64.2 Å². The molecule has 0 atom stereocenters. The van der Waals surface area contributed by atoms with Gasteiger partial charge in [-0.05, 0) is 62.2 Å². The van der Waals surface area contributed by atoms with Gasteiger partial charge < -0.3 is 15.2 Å². The van der Waals surface area contributed by atoms with Gasteiger partial charge in [0.1, 0.15) is 0 Å². The Morgan fingerprint density at radius 3 is 2.89 bits per heavy atom. The van der Waals surface area contributed by atoms with E-state index in [4.69, 9.17) is 5.73 Å². The Morgan fingerprint density at radius 1 is 1.22 bits per heavy atom. The maximum atomic E-state index is 13.3. The Morgan fingerprint density at radius 2 is 2.11 bits per heavy atom. The van der Waals surface area contributed by atoms with Crippen LogP contribution in [-0.2, 0) is 12.0 Å². The minimum absolute atomic E-state index is 0.0737. The van der Waals surface area contributed by atoms with Crippen LogP contribution in [0.3, 0.4) is 0 Å². The number of nitrogens with two attached hydrogens (primary N) is 1. The fourth-order valence-corrected chi connectivity index (χ4v) is 4.61. The number of hydrogen-bond acceptors (Lipinski definition) is 3. The van der Waals surface area contributed by atoms with E-state index in [-0.39, 0.29) is 11.3 Å². The number of anilines is 1. The third-order valence-electron chi connectivity index (χ3n) is 6.22. The number of hydrogen-bond donors (Lipinski definition) is 1. The molecule has 5 heteroatoms. The highest BCUT2D eigenvalue weighted by Crippen LogP contribution is 2.51. The predicted molar refractivity (Wildman–Crippen MR) is 107 cm³/mol. The molecule has 1 fully saturated rings. The van der Waals surface area contributed by atoms with Gasteiger partial charge in [-0.3, -0.25) is 9.78 Å². The maximum Gasteiger partial charge on any atom is 0.258 e. The molecule has 2 N–H and O–H groups in total. The Hall–Kier alpha value is -2.66. The predicted octanol–water partition coefficient (Wildman–Crippen LogP) is 3.47. The average molecular weight is 360 g/mol. The number of carbonyl (C=O) groups excluding carboxylic acids is 1. The second kappa shape index (κ2) is 6.20. The standard InChI is InChI=1S/C22H24N4O/c23-10-3-12-25-13-7-16-14-17(5-6-18(16)25)21(27)26-15-22(8-2-9-22)20-19(26)4-1-11-24-20/h1,4-7,11,13-14H,2-3,8-10,12,15,23H2. The molecule has 1 aliphatic heterocycles. The summed E-state index contributed by atoms with van der Waals surface area (Å²) in [6.07, 6.45) is 8.36. The van der Waals surface area contributed by atoms with Gasteiger partial charge in [-0.1, -0.05) is 6.42 Å². The molecule has 5 nitrogen and oxygen atoms in total. The van der Waals surface area contributed by atoms with Crippen molar-refractivity contribution in [3.05, 3.63) is 60.0 Å². The number of fused-ring (bicyclic) bond motifs is 3. The zero-order valence-corrected chi connectivity index (χ0v) is 15.4. The maximum absolute atomic E-state index is 13.3. The number of aromatic nitrogens is 2. The van der Waals surface area contributed by atoms with E-state index in [0.717, 1.165) is 60.2 Å². The number of pyridine rings is 1. The summed E-state index contributed by atoms with van der Waals surface area (Å²) in [6, 6.07) is 12.1. The first-order valence-corrected chi connectivity index (χ1v) is 9.78. The molecule has 0 bridgehead atoms. The average Bonchev–Trinajstić information content (AvgIpc) is 3.24. The summed E-state index contributed by atoms with van der Waals surface area (Å²) in [6.45, 7) is 2.34.